The Kier molecular flexibility index (Phi) is 6.30. The van der Waals surface area contributed by atoms with Crippen LogP contribution in [0.3, 0.4) is 0 Å². The van der Waals surface area contributed by atoms with Crippen LogP contribution in [0.2, 0.25) is 0 Å². The molecule has 1 unspecified atom stereocenters. The van der Waals surface area contributed by atoms with Crippen molar-refractivity contribution in [3.8, 4) is 0 Å². The molecule has 0 aliphatic heterocycles. The van der Waals surface area contributed by atoms with E-state index in [0.29, 0.717) is 0 Å². The lowest BCUT2D eigenvalue weighted by Gasteiger charge is -2.21. The second-order valence-corrected chi connectivity index (χ2v) is 4.93. The fraction of sp³-hybridized carbons (Fsp3) is 0.769. The van der Waals surface area contributed by atoms with Crippen molar-refractivity contribution in [2.24, 2.45) is 5.92 Å². The lowest BCUT2D eigenvalue weighted by molar-refractivity contribution is -0.159. The Balaban J connectivity index is 3.89. The Morgan fingerprint density at radius 2 is 1.93 bits per heavy atom. The highest BCUT2D eigenvalue weighted by atomic mass is 16.6. The number of rotatable bonds is 5. The third-order valence-corrected chi connectivity index (χ3v) is 1.92. The van der Waals surface area contributed by atoms with Gasteiger partial charge in [0.25, 0.3) is 0 Å². The van der Waals surface area contributed by atoms with E-state index in [-0.39, 0.29) is 17.5 Å². The molecule has 0 aromatic rings. The van der Waals surface area contributed by atoms with Crippen LogP contribution < -0.4 is 0 Å². The van der Waals surface area contributed by atoms with Crippen molar-refractivity contribution >= 4 is 5.97 Å². The van der Waals surface area contributed by atoms with Gasteiger partial charge >= 0.3 is 5.97 Å². The maximum atomic E-state index is 11.6. The predicted molar refractivity (Wildman–Crippen MR) is 63.7 cm³/mol. The molecule has 2 heteroatoms. The normalized spacial score (nSPS) is 14.2. The molecule has 0 amide bonds. The molecule has 0 rings (SSSR count). The van der Waals surface area contributed by atoms with Crippen LogP contribution in [0.5, 0.6) is 0 Å². The zero-order valence-electron chi connectivity index (χ0n) is 10.7. The van der Waals surface area contributed by atoms with E-state index in [1.807, 2.05) is 27.7 Å². The number of hydrogen-bond donors (Lipinski definition) is 0. The summed E-state index contributed by atoms with van der Waals surface area (Å²) < 4.78 is 5.28. The van der Waals surface area contributed by atoms with Crippen molar-refractivity contribution in [1.82, 2.24) is 0 Å². The number of carbonyl (C=O) groups excluding carboxylic acids is 1. The van der Waals surface area contributed by atoms with E-state index in [2.05, 4.69) is 19.1 Å². The van der Waals surface area contributed by atoms with Gasteiger partial charge in [-0.3, -0.25) is 4.79 Å². The quantitative estimate of drug-likeness (QED) is 0.513. The number of esters is 1. The zero-order valence-corrected chi connectivity index (χ0v) is 10.7. The summed E-state index contributed by atoms with van der Waals surface area (Å²) in [6.07, 6.45) is 7.20. The van der Waals surface area contributed by atoms with Crippen LogP contribution in [0, 0.1) is 5.92 Å². The number of unbranched alkanes of at least 4 members (excludes halogenated alkanes) is 1. The second-order valence-electron chi connectivity index (χ2n) is 4.93. The van der Waals surface area contributed by atoms with Crippen molar-refractivity contribution in [3.63, 3.8) is 0 Å². The summed E-state index contributed by atoms with van der Waals surface area (Å²) in [5.41, 5.74) is -0.377. The average molecular weight is 212 g/mol. The third-order valence-electron chi connectivity index (χ3n) is 1.92. The molecule has 88 valence electrons. The van der Waals surface area contributed by atoms with Gasteiger partial charge in [-0.2, -0.15) is 0 Å². The fourth-order valence-corrected chi connectivity index (χ4v) is 1.08. The first-order valence-corrected chi connectivity index (χ1v) is 5.74. The Hall–Kier alpha value is -0.790. The van der Waals surface area contributed by atoms with Crippen LogP contribution in [0.15, 0.2) is 12.2 Å². The number of hydrogen-bond acceptors (Lipinski definition) is 2. The molecule has 0 saturated carbocycles. The van der Waals surface area contributed by atoms with Crippen molar-refractivity contribution in [1.29, 1.82) is 0 Å². The Morgan fingerprint density at radius 3 is 2.40 bits per heavy atom. The number of carbonyl (C=O) groups is 1. The van der Waals surface area contributed by atoms with E-state index in [1.165, 1.54) is 0 Å². The largest absolute Gasteiger partial charge is 0.460 e. The van der Waals surface area contributed by atoms with Gasteiger partial charge in [0.1, 0.15) is 5.60 Å². The van der Waals surface area contributed by atoms with Crippen molar-refractivity contribution in [2.45, 2.75) is 59.5 Å². The molecule has 0 aromatic heterocycles. The van der Waals surface area contributed by atoms with E-state index in [1.54, 1.807) is 0 Å². The first kappa shape index (κ1) is 14.2. The van der Waals surface area contributed by atoms with Gasteiger partial charge in [-0.1, -0.05) is 32.4 Å². The molecule has 0 fully saturated rings. The average Bonchev–Trinajstić information content (AvgIpc) is 2.09. The maximum absolute atomic E-state index is 11.6. The van der Waals surface area contributed by atoms with E-state index >= 15 is 0 Å². The standard InChI is InChI=1S/C13H24O2/c1-6-7-8-9-10-11(2)12(14)15-13(3,4)5/h8-9,11H,6-7,10H2,1-5H3. The molecule has 0 heterocycles. The van der Waals surface area contributed by atoms with Gasteiger partial charge in [0, 0.05) is 0 Å². The van der Waals surface area contributed by atoms with Gasteiger partial charge < -0.3 is 4.74 Å². The third kappa shape index (κ3) is 8.22. The SMILES string of the molecule is CCCC=CCC(C)C(=O)OC(C)(C)C. The first-order valence-electron chi connectivity index (χ1n) is 5.74. The zero-order chi connectivity index (χ0) is 11.9. The van der Waals surface area contributed by atoms with Crippen LogP contribution in [-0.4, -0.2) is 11.6 Å². The van der Waals surface area contributed by atoms with Crippen LogP contribution in [-0.2, 0) is 9.53 Å². The monoisotopic (exact) mass is 212 g/mol. The minimum atomic E-state index is -0.377. The lowest BCUT2D eigenvalue weighted by Crippen LogP contribution is -2.27. The highest BCUT2D eigenvalue weighted by molar-refractivity contribution is 5.72. The van der Waals surface area contributed by atoms with Crippen molar-refractivity contribution < 1.29 is 9.53 Å². The van der Waals surface area contributed by atoms with E-state index in [0.717, 1.165) is 19.3 Å². The van der Waals surface area contributed by atoms with E-state index in [4.69, 9.17) is 4.74 Å². The summed E-state index contributed by atoms with van der Waals surface area (Å²) >= 11 is 0. The summed E-state index contributed by atoms with van der Waals surface area (Å²) in [7, 11) is 0. The van der Waals surface area contributed by atoms with Crippen LogP contribution >= 0.6 is 0 Å². The molecule has 0 aromatic carbocycles. The summed E-state index contributed by atoms with van der Waals surface area (Å²) in [6.45, 7) is 9.73. The molecule has 0 aliphatic rings. The molecule has 0 spiro atoms. The molecule has 0 saturated heterocycles. The molecule has 0 N–H and O–H groups in total. The molecular formula is C13H24O2. The molecule has 0 bridgehead atoms. The highest BCUT2D eigenvalue weighted by Crippen LogP contribution is 2.13. The van der Waals surface area contributed by atoms with Gasteiger partial charge in [-0.25, -0.2) is 0 Å². The lowest BCUT2D eigenvalue weighted by atomic mass is 10.1. The van der Waals surface area contributed by atoms with Crippen LogP contribution in [0.25, 0.3) is 0 Å². The summed E-state index contributed by atoms with van der Waals surface area (Å²) in [4.78, 5) is 11.6. The molecule has 0 aliphatic carbocycles. The summed E-state index contributed by atoms with van der Waals surface area (Å²) in [5, 5.41) is 0. The second kappa shape index (κ2) is 6.65. The minimum absolute atomic E-state index is 0.0441. The molecule has 2 nitrogen and oxygen atoms in total. The topological polar surface area (TPSA) is 26.3 Å². The van der Waals surface area contributed by atoms with Gasteiger partial charge in [-0.05, 0) is 33.6 Å². The van der Waals surface area contributed by atoms with Gasteiger partial charge in [0.15, 0.2) is 0 Å². The fourth-order valence-electron chi connectivity index (χ4n) is 1.08. The number of ether oxygens (including phenoxy) is 1. The maximum Gasteiger partial charge on any atom is 0.309 e. The predicted octanol–water partition coefficient (Wildman–Crippen LogP) is 3.71. The highest BCUT2D eigenvalue weighted by Gasteiger charge is 2.20. The Labute approximate surface area is 93.7 Å². The Morgan fingerprint density at radius 1 is 1.33 bits per heavy atom. The summed E-state index contributed by atoms with van der Waals surface area (Å²) in [5.74, 6) is -0.152. The van der Waals surface area contributed by atoms with Crippen LogP contribution in [0.1, 0.15) is 53.9 Å². The number of allylic oxidation sites excluding steroid dienone is 2. The molecule has 15 heavy (non-hydrogen) atoms. The first-order chi connectivity index (χ1) is 6.87. The van der Waals surface area contributed by atoms with Crippen molar-refractivity contribution in [3.05, 3.63) is 12.2 Å². The van der Waals surface area contributed by atoms with Gasteiger partial charge in [-0.15, -0.1) is 0 Å². The van der Waals surface area contributed by atoms with Crippen LogP contribution in [0.4, 0.5) is 0 Å². The van der Waals surface area contributed by atoms with Gasteiger partial charge in [0.05, 0.1) is 5.92 Å². The summed E-state index contributed by atoms with van der Waals surface area (Å²) in [6, 6.07) is 0. The minimum Gasteiger partial charge on any atom is -0.460 e. The van der Waals surface area contributed by atoms with E-state index in [9.17, 15) is 4.79 Å². The molecule has 1 atom stereocenters. The Bertz CT molecular complexity index is 211. The molecule has 0 radical (unpaired) electrons. The smallest absolute Gasteiger partial charge is 0.309 e. The van der Waals surface area contributed by atoms with Gasteiger partial charge in [0.2, 0.25) is 0 Å². The molecular weight excluding hydrogens is 188 g/mol. The van der Waals surface area contributed by atoms with Crippen molar-refractivity contribution in [2.75, 3.05) is 0 Å². The van der Waals surface area contributed by atoms with E-state index < -0.39 is 0 Å².